The summed E-state index contributed by atoms with van der Waals surface area (Å²) in [5, 5.41) is 19.3. The number of hydrogen-bond donors (Lipinski definition) is 2. The maximum absolute atomic E-state index is 11.3. The van der Waals surface area contributed by atoms with Gasteiger partial charge in [-0.05, 0) is 29.2 Å². The molecule has 2 rings (SSSR count). The molecule has 21 heavy (non-hydrogen) atoms. The van der Waals surface area contributed by atoms with Gasteiger partial charge in [-0.2, -0.15) is 0 Å². The topological polar surface area (TPSA) is 57.5 Å². The van der Waals surface area contributed by atoms with Gasteiger partial charge in [0.2, 0.25) is 0 Å². The zero-order valence-corrected chi connectivity index (χ0v) is 12.6. The third-order valence-electron chi connectivity index (χ3n) is 4.02. The van der Waals surface area contributed by atoms with Gasteiger partial charge in [0.25, 0.3) is 0 Å². The van der Waals surface area contributed by atoms with Crippen LogP contribution < -0.4 is 0 Å². The lowest BCUT2D eigenvalue weighted by Crippen LogP contribution is -2.20. The van der Waals surface area contributed by atoms with Crippen molar-refractivity contribution in [3.05, 3.63) is 64.7 Å². The van der Waals surface area contributed by atoms with Crippen LogP contribution >= 0.6 is 0 Å². The van der Waals surface area contributed by atoms with E-state index in [2.05, 4.69) is 13.8 Å². The van der Waals surface area contributed by atoms with Gasteiger partial charge in [0, 0.05) is 5.41 Å². The van der Waals surface area contributed by atoms with Crippen LogP contribution in [0.2, 0.25) is 0 Å². The molecule has 0 fully saturated rings. The number of carbonyl (C=O) groups is 1. The fourth-order valence-corrected chi connectivity index (χ4v) is 2.51. The molecule has 0 aliphatic heterocycles. The summed E-state index contributed by atoms with van der Waals surface area (Å²) in [4.78, 5) is 11.3. The number of aryl methyl sites for hydroxylation is 1. The summed E-state index contributed by atoms with van der Waals surface area (Å²) < 4.78 is 0. The Morgan fingerprint density at radius 2 is 1.71 bits per heavy atom. The molecule has 0 heterocycles. The Kier molecular flexibility index (Phi) is 4.03. The van der Waals surface area contributed by atoms with Crippen LogP contribution in [0.15, 0.2) is 42.5 Å². The van der Waals surface area contributed by atoms with E-state index in [1.807, 2.05) is 43.3 Å². The quantitative estimate of drug-likeness (QED) is 0.893. The monoisotopic (exact) mass is 284 g/mol. The molecule has 2 aromatic rings. The molecule has 3 nitrogen and oxygen atoms in total. The predicted molar refractivity (Wildman–Crippen MR) is 83.0 cm³/mol. The van der Waals surface area contributed by atoms with E-state index in [4.69, 9.17) is 0 Å². The Labute approximate surface area is 124 Å². The Balaban J connectivity index is 2.63. The minimum Gasteiger partial charge on any atom is -0.507 e. The second-order valence-electron chi connectivity index (χ2n) is 5.68. The predicted octanol–water partition coefficient (Wildman–Crippen LogP) is 3.98. The number of phenols is 1. The van der Waals surface area contributed by atoms with E-state index in [1.54, 1.807) is 6.07 Å². The number of rotatable bonds is 4. The van der Waals surface area contributed by atoms with Crippen molar-refractivity contribution in [2.24, 2.45) is 0 Å². The van der Waals surface area contributed by atoms with E-state index < -0.39 is 5.97 Å². The molecule has 0 aliphatic carbocycles. The first-order chi connectivity index (χ1) is 9.87. The van der Waals surface area contributed by atoms with E-state index >= 15 is 0 Å². The highest BCUT2D eigenvalue weighted by Crippen LogP contribution is 2.35. The van der Waals surface area contributed by atoms with Crippen LogP contribution in [-0.2, 0) is 11.8 Å². The van der Waals surface area contributed by atoms with Crippen molar-refractivity contribution in [3.8, 4) is 5.75 Å². The Morgan fingerprint density at radius 3 is 2.24 bits per heavy atom. The van der Waals surface area contributed by atoms with Crippen molar-refractivity contribution in [1.29, 1.82) is 0 Å². The Morgan fingerprint density at radius 1 is 1.10 bits per heavy atom. The molecule has 0 radical (unpaired) electrons. The fourth-order valence-electron chi connectivity index (χ4n) is 2.51. The summed E-state index contributed by atoms with van der Waals surface area (Å²) in [7, 11) is 0. The maximum Gasteiger partial charge on any atom is 0.339 e. The van der Waals surface area contributed by atoms with Crippen molar-refractivity contribution >= 4 is 5.97 Å². The number of aromatic carboxylic acids is 1. The Bertz CT molecular complexity index is 658. The first-order valence-corrected chi connectivity index (χ1v) is 7.03. The maximum atomic E-state index is 11.3. The molecule has 110 valence electrons. The molecule has 2 aromatic carbocycles. The molecule has 0 unspecified atom stereocenters. The van der Waals surface area contributed by atoms with Crippen LogP contribution in [0.5, 0.6) is 5.75 Å². The number of carboxylic acid groups (broad SMARTS) is 1. The molecule has 0 saturated heterocycles. The summed E-state index contributed by atoms with van der Waals surface area (Å²) >= 11 is 0. The number of aromatic hydroxyl groups is 1. The van der Waals surface area contributed by atoms with Gasteiger partial charge in [0.05, 0.1) is 0 Å². The third kappa shape index (κ3) is 2.77. The highest BCUT2D eigenvalue weighted by molar-refractivity contribution is 5.91. The van der Waals surface area contributed by atoms with Crippen molar-refractivity contribution in [1.82, 2.24) is 0 Å². The second kappa shape index (κ2) is 5.60. The standard InChI is InChI=1S/C18H20O3/c1-4-12-10-14(11-15(16(12)19)17(20)21)18(2,3)13-8-6-5-7-9-13/h5-11,19H,4H2,1-3H3,(H,20,21). The third-order valence-corrected chi connectivity index (χ3v) is 4.02. The number of carboxylic acids is 1. The van der Waals surface area contributed by atoms with Gasteiger partial charge in [-0.25, -0.2) is 4.79 Å². The van der Waals surface area contributed by atoms with Crippen LogP contribution in [0.3, 0.4) is 0 Å². The molecule has 0 bridgehead atoms. The first-order valence-electron chi connectivity index (χ1n) is 7.03. The lowest BCUT2D eigenvalue weighted by Gasteiger charge is -2.27. The molecule has 3 heteroatoms. The Hall–Kier alpha value is -2.29. The molecule has 0 spiro atoms. The summed E-state index contributed by atoms with van der Waals surface area (Å²) in [5.41, 5.74) is 2.29. The van der Waals surface area contributed by atoms with E-state index in [9.17, 15) is 15.0 Å². The van der Waals surface area contributed by atoms with Gasteiger partial charge in [-0.15, -0.1) is 0 Å². The van der Waals surface area contributed by atoms with E-state index in [1.165, 1.54) is 0 Å². The van der Waals surface area contributed by atoms with Crippen LogP contribution in [0, 0.1) is 0 Å². The van der Waals surface area contributed by atoms with Gasteiger partial charge in [-0.1, -0.05) is 57.2 Å². The fraction of sp³-hybridized carbons (Fsp3) is 0.278. The molecule has 0 amide bonds. The number of hydrogen-bond acceptors (Lipinski definition) is 2. The van der Waals surface area contributed by atoms with Gasteiger partial charge >= 0.3 is 5.97 Å². The molecule has 0 aromatic heterocycles. The normalized spacial score (nSPS) is 11.4. The van der Waals surface area contributed by atoms with Gasteiger partial charge in [-0.3, -0.25) is 0 Å². The van der Waals surface area contributed by atoms with Gasteiger partial charge in [0.1, 0.15) is 11.3 Å². The molecule has 0 saturated carbocycles. The largest absolute Gasteiger partial charge is 0.507 e. The van der Waals surface area contributed by atoms with Crippen LogP contribution in [0.4, 0.5) is 0 Å². The summed E-state index contributed by atoms with van der Waals surface area (Å²) in [6.07, 6.45) is 0.588. The van der Waals surface area contributed by atoms with Crippen molar-refractivity contribution in [2.45, 2.75) is 32.6 Å². The average molecular weight is 284 g/mol. The highest BCUT2D eigenvalue weighted by atomic mass is 16.4. The van der Waals surface area contributed by atoms with Gasteiger partial charge < -0.3 is 10.2 Å². The van der Waals surface area contributed by atoms with Crippen LogP contribution in [-0.4, -0.2) is 16.2 Å². The minimum absolute atomic E-state index is 0.0339. The lowest BCUT2D eigenvalue weighted by atomic mass is 9.77. The van der Waals surface area contributed by atoms with Crippen molar-refractivity contribution in [3.63, 3.8) is 0 Å². The average Bonchev–Trinajstić information content (AvgIpc) is 2.47. The summed E-state index contributed by atoms with van der Waals surface area (Å²) in [6.45, 7) is 6.01. The van der Waals surface area contributed by atoms with E-state index in [0.29, 0.717) is 12.0 Å². The van der Waals surface area contributed by atoms with Crippen molar-refractivity contribution < 1.29 is 15.0 Å². The molecular formula is C18H20O3. The smallest absolute Gasteiger partial charge is 0.339 e. The first kappa shape index (κ1) is 15.1. The SMILES string of the molecule is CCc1cc(C(C)(C)c2ccccc2)cc(C(=O)O)c1O. The molecule has 0 atom stereocenters. The van der Waals surface area contributed by atoms with E-state index in [0.717, 1.165) is 11.1 Å². The van der Waals surface area contributed by atoms with Gasteiger partial charge in [0.15, 0.2) is 0 Å². The number of benzene rings is 2. The molecular weight excluding hydrogens is 264 g/mol. The summed E-state index contributed by atoms with van der Waals surface area (Å²) in [6, 6.07) is 13.4. The lowest BCUT2D eigenvalue weighted by molar-refractivity contribution is 0.0693. The summed E-state index contributed by atoms with van der Waals surface area (Å²) in [5.74, 6) is -1.23. The van der Waals surface area contributed by atoms with E-state index in [-0.39, 0.29) is 16.7 Å². The highest BCUT2D eigenvalue weighted by Gasteiger charge is 2.26. The zero-order chi connectivity index (χ0) is 15.6. The van der Waals surface area contributed by atoms with Crippen LogP contribution in [0.25, 0.3) is 0 Å². The van der Waals surface area contributed by atoms with Crippen LogP contribution in [0.1, 0.15) is 47.8 Å². The second-order valence-corrected chi connectivity index (χ2v) is 5.68. The molecule has 0 aliphatic rings. The minimum atomic E-state index is -1.10. The van der Waals surface area contributed by atoms with Crippen molar-refractivity contribution in [2.75, 3.05) is 0 Å². The molecule has 2 N–H and O–H groups in total. The zero-order valence-electron chi connectivity index (χ0n) is 12.6.